The normalized spacial score (nSPS) is 12.4. The summed E-state index contributed by atoms with van der Waals surface area (Å²) < 4.78 is 39.2. The first-order chi connectivity index (χ1) is 12.4. The molecule has 2 aromatic carbocycles. The highest BCUT2D eigenvalue weighted by atomic mass is 19.4. The van der Waals surface area contributed by atoms with Crippen LogP contribution in [0.1, 0.15) is 27.7 Å². The number of para-hydroxylation sites is 1. The molecular weight excluding hydrogens is 347 g/mol. The lowest BCUT2D eigenvalue weighted by Gasteiger charge is -2.10. The Balaban J connectivity index is 1.95. The monoisotopic (exact) mass is 357 g/mol. The number of nitriles is 1. The second kappa shape index (κ2) is 6.76. The van der Waals surface area contributed by atoms with E-state index in [4.69, 9.17) is 0 Å². The summed E-state index contributed by atoms with van der Waals surface area (Å²) in [5.74, 6) is -2.06. The van der Waals surface area contributed by atoms with Crippen molar-refractivity contribution < 1.29 is 18.0 Å². The number of Topliss-reactive ketones (excluding diaryl/α,β-unsaturated/α-hetero) is 1. The number of carbonyl (C=O) groups excluding carboxylic acids is 1. The summed E-state index contributed by atoms with van der Waals surface area (Å²) in [5.41, 5.74) is -0.364. The molecule has 0 radical (unpaired) electrons. The number of aromatic nitrogens is 4. The fourth-order valence-electron chi connectivity index (χ4n) is 2.35. The molecule has 1 atom stereocenters. The summed E-state index contributed by atoms with van der Waals surface area (Å²) in [6, 6.07) is 14.1. The molecule has 0 spiro atoms. The van der Waals surface area contributed by atoms with Crippen LogP contribution in [-0.4, -0.2) is 26.0 Å². The number of nitrogens with zero attached hydrogens (tertiary/aromatic N) is 5. The first kappa shape index (κ1) is 17.3. The topological polar surface area (TPSA) is 84.5 Å². The number of hydrogen-bond donors (Lipinski definition) is 0. The minimum absolute atomic E-state index is 0.0106. The standard InChI is InChI=1S/C17H10F3N5O/c18-17(19,20)12-8-6-11(7-9-12)15(26)14(10-21)16-22-23-24-25(16)13-4-2-1-3-5-13/h1-9,14H/t14-/m1/s1. The molecule has 0 saturated carbocycles. The molecule has 1 aromatic heterocycles. The number of alkyl halides is 3. The van der Waals surface area contributed by atoms with E-state index in [1.165, 1.54) is 4.68 Å². The molecule has 26 heavy (non-hydrogen) atoms. The van der Waals surface area contributed by atoms with Gasteiger partial charge >= 0.3 is 6.18 Å². The quantitative estimate of drug-likeness (QED) is 0.670. The zero-order valence-electron chi connectivity index (χ0n) is 13.1. The largest absolute Gasteiger partial charge is 0.416 e. The van der Waals surface area contributed by atoms with Gasteiger partial charge in [0.15, 0.2) is 17.5 Å². The summed E-state index contributed by atoms with van der Waals surface area (Å²) in [6.45, 7) is 0. The zero-order chi connectivity index (χ0) is 18.7. The molecule has 0 unspecified atom stereocenters. The van der Waals surface area contributed by atoms with Gasteiger partial charge in [-0.05, 0) is 34.7 Å². The maximum Gasteiger partial charge on any atom is 0.416 e. The lowest BCUT2D eigenvalue weighted by molar-refractivity contribution is -0.137. The Labute approximate surface area is 145 Å². The average molecular weight is 357 g/mol. The van der Waals surface area contributed by atoms with Gasteiger partial charge in [0.1, 0.15) is 0 Å². The fourth-order valence-corrected chi connectivity index (χ4v) is 2.35. The number of benzene rings is 2. The van der Waals surface area contributed by atoms with Gasteiger partial charge in [-0.15, -0.1) is 5.10 Å². The van der Waals surface area contributed by atoms with Gasteiger partial charge in [0.05, 0.1) is 17.3 Å². The molecule has 0 N–H and O–H groups in total. The number of rotatable bonds is 4. The van der Waals surface area contributed by atoms with Crippen LogP contribution in [0.15, 0.2) is 54.6 Å². The highest BCUT2D eigenvalue weighted by Crippen LogP contribution is 2.30. The molecule has 0 aliphatic heterocycles. The first-order valence-corrected chi connectivity index (χ1v) is 7.36. The van der Waals surface area contributed by atoms with Crippen molar-refractivity contribution in [2.75, 3.05) is 0 Å². The van der Waals surface area contributed by atoms with E-state index >= 15 is 0 Å². The second-order valence-electron chi connectivity index (χ2n) is 5.29. The van der Waals surface area contributed by atoms with E-state index in [9.17, 15) is 23.2 Å². The van der Waals surface area contributed by atoms with Gasteiger partial charge in [0.25, 0.3) is 0 Å². The number of ketones is 1. The molecule has 0 bridgehead atoms. The van der Waals surface area contributed by atoms with Crippen LogP contribution < -0.4 is 0 Å². The van der Waals surface area contributed by atoms with Gasteiger partial charge in [-0.3, -0.25) is 4.79 Å². The molecule has 9 heteroatoms. The number of hydrogen-bond acceptors (Lipinski definition) is 5. The van der Waals surface area contributed by atoms with Crippen LogP contribution >= 0.6 is 0 Å². The van der Waals surface area contributed by atoms with Crippen molar-refractivity contribution in [3.05, 3.63) is 71.5 Å². The Bertz CT molecular complexity index is 959. The first-order valence-electron chi connectivity index (χ1n) is 7.36. The Morgan fingerprint density at radius 1 is 1.08 bits per heavy atom. The van der Waals surface area contributed by atoms with Crippen LogP contribution in [0.2, 0.25) is 0 Å². The van der Waals surface area contributed by atoms with Crippen molar-refractivity contribution >= 4 is 5.78 Å². The predicted molar refractivity (Wildman–Crippen MR) is 83.3 cm³/mol. The molecule has 130 valence electrons. The summed E-state index contributed by atoms with van der Waals surface area (Å²) in [4.78, 5) is 12.6. The van der Waals surface area contributed by atoms with E-state index in [1.807, 2.05) is 6.07 Å². The number of carbonyl (C=O) groups is 1. The van der Waals surface area contributed by atoms with Crippen molar-refractivity contribution in [2.45, 2.75) is 12.1 Å². The van der Waals surface area contributed by atoms with Crippen LogP contribution in [-0.2, 0) is 6.18 Å². The molecule has 6 nitrogen and oxygen atoms in total. The smallest absolute Gasteiger partial charge is 0.292 e. The van der Waals surface area contributed by atoms with Crippen LogP contribution in [0.4, 0.5) is 13.2 Å². The van der Waals surface area contributed by atoms with Gasteiger partial charge in [0, 0.05) is 5.56 Å². The fraction of sp³-hybridized carbons (Fsp3) is 0.118. The van der Waals surface area contributed by atoms with E-state index in [-0.39, 0.29) is 11.4 Å². The number of tetrazole rings is 1. The molecule has 0 saturated heterocycles. The van der Waals surface area contributed by atoms with Gasteiger partial charge in [0.2, 0.25) is 0 Å². The Kier molecular flexibility index (Phi) is 4.49. The lowest BCUT2D eigenvalue weighted by Crippen LogP contribution is -2.17. The van der Waals surface area contributed by atoms with Gasteiger partial charge in [-0.2, -0.15) is 23.1 Å². The van der Waals surface area contributed by atoms with Crippen LogP contribution in [0.25, 0.3) is 5.69 Å². The third kappa shape index (κ3) is 3.30. The maximum absolute atomic E-state index is 12.6. The molecule has 1 heterocycles. The molecule has 0 aliphatic carbocycles. The van der Waals surface area contributed by atoms with E-state index in [0.717, 1.165) is 24.3 Å². The highest BCUT2D eigenvalue weighted by Gasteiger charge is 2.32. The molecule has 3 rings (SSSR count). The molecule has 0 fully saturated rings. The summed E-state index contributed by atoms with van der Waals surface area (Å²) in [6.07, 6.45) is -4.51. The summed E-state index contributed by atoms with van der Waals surface area (Å²) in [5, 5.41) is 20.5. The van der Waals surface area contributed by atoms with Crippen molar-refractivity contribution in [1.29, 1.82) is 5.26 Å². The second-order valence-corrected chi connectivity index (χ2v) is 5.29. The van der Waals surface area contributed by atoms with Gasteiger partial charge < -0.3 is 0 Å². The molecule has 0 aliphatic rings. The van der Waals surface area contributed by atoms with Crippen molar-refractivity contribution in [3.8, 4) is 11.8 Å². The average Bonchev–Trinajstić information content (AvgIpc) is 3.12. The van der Waals surface area contributed by atoms with E-state index in [0.29, 0.717) is 5.69 Å². The summed E-state index contributed by atoms with van der Waals surface area (Å²) in [7, 11) is 0. The predicted octanol–water partition coefficient (Wildman–Crippen LogP) is 3.17. The van der Waals surface area contributed by atoms with Crippen LogP contribution in [0.5, 0.6) is 0 Å². The van der Waals surface area contributed by atoms with E-state index < -0.39 is 23.4 Å². The third-order valence-corrected chi connectivity index (χ3v) is 3.64. The van der Waals surface area contributed by atoms with Gasteiger partial charge in [-0.1, -0.05) is 30.3 Å². The van der Waals surface area contributed by atoms with Crippen molar-refractivity contribution in [3.63, 3.8) is 0 Å². The third-order valence-electron chi connectivity index (χ3n) is 3.64. The zero-order valence-corrected chi connectivity index (χ0v) is 13.1. The molecular formula is C17H10F3N5O. The molecule has 0 amide bonds. The van der Waals surface area contributed by atoms with Crippen molar-refractivity contribution in [2.24, 2.45) is 0 Å². The Hall–Kier alpha value is -3.54. The highest BCUT2D eigenvalue weighted by molar-refractivity contribution is 6.02. The maximum atomic E-state index is 12.6. The van der Waals surface area contributed by atoms with Crippen LogP contribution in [0, 0.1) is 11.3 Å². The Morgan fingerprint density at radius 2 is 1.73 bits per heavy atom. The van der Waals surface area contributed by atoms with Crippen molar-refractivity contribution in [1.82, 2.24) is 20.2 Å². The summed E-state index contributed by atoms with van der Waals surface area (Å²) >= 11 is 0. The lowest BCUT2D eigenvalue weighted by atomic mass is 9.97. The SMILES string of the molecule is N#C[C@H](C(=O)c1ccc(C(F)(F)F)cc1)c1nnnn1-c1ccccc1. The molecule has 3 aromatic rings. The van der Waals surface area contributed by atoms with E-state index in [2.05, 4.69) is 15.5 Å². The minimum atomic E-state index is -4.51. The minimum Gasteiger partial charge on any atom is -0.292 e. The van der Waals surface area contributed by atoms with Crippen LogP contribution in [0.3, 0.4) is 0 Å². The van der Waals surface area contributed by atoms with Gasteiger partial charge in [-0.25, -0.2) is 0 Å². The number of halogens is 3. The Morgan fingerprint density at radius 3 is 2.31 bits per heavy atom. The van der Waals surface area contributed by atoms with E-state index in [1.54, 1.807) is 30.3 Å².